The first-order valence-corrected chi connectivity index (χ1v) is 6.65. The van der Waals surface area contributed by atoms with Crippen LogP contribution < -0.4 is 5.32 Å². The Bertz CT molecular complexity index is 317. The highest BCUT2D eigenvalue weighted by atomic mass is 16.2. The second-order valence-electron chi connectivity index (χ2n) is 5.28. The van der Waals surface area contributed by atoms with Crippen molar-refractivity contribution in [3.63, 3.8) is 0 Å². The molecule has 0 spiro atoms. The maximum atomic E-state index is 11.9. The van der Waals surface area contributed by atoms with Gasteiger partial charge in [-0.15, -0.1) is 0 Å². The number of hydrogen-bond acceptors (Lipinski definition) is 3. The highest BCUT2D eigenvalue weighted by Gasteiger charge is 2.36. The number of nitriles is 1. The average molecular weight is 235 g/mol. The largest absolute Gasteiger partial charge is 0.351 e. The zero-order valence-corrected chi connectivity index (χ0v) is 10.5. The molecule has 4 nitrogen and oxygen atoms in total. The van der Waals surface area contributed by atoms with Gasteiger partial charge in [0.05, 0.1) is 12.5 Å². The third-order valence-electron chi connectivity index (χ3n) is 3.90. The molecule has 0 bridgehead atoms. The van der Waals surface area contributed by atoms with Gasteiger partial charge in [-0.3, -0.25) is 9.69 Å². The molecule has 2 atom stereocenters. The van der Waals surface area contributed by atoms with Crippen LogP contribution in [0, 0.1) is 11.3 Å². The molecule has 1 N–H and O–H groups in total. The number of piperazine rings is 1. The van der Waals surface area contributed by atoms with E-state index in [9.17, 15) is 4.79 Å². The smallest absolute Gasteiger partial charge is 0.238 e. The van der Waals surface area contributed by atoms with E-state index in [1.165, 1.54) is 32.1 Å². The van der Waals surface area contributed by atoms with E-state index < -0.39 is 0 Å². The molecular weight excluding hydrogens is 214 g/mol. The Kier molecular flexibility index (Phi) is 4.01. The Morgan fingerprint density at radius 2 is 2.12 bits per heavy atom. The Hall–Kier alpha value is -1.08. The van der Waals surface area contributed by atoms with Gasteiger partial charge in [0.1, 0.15) is 6.04 Å². The lowest BCUT2D eigenvalue weighted by atomic mass is 9.91. The predicted molar refractivity (Wildman–Crippen MR) is 65.2 cm³/mol. The number of amides is 1. The molecule has 0 aromatic rings. The third-order valence-corrected chi connectivity index (χ3v) is 3.90. The molecule has 1 amide bonds. The summed E-state index contributed by atoms with van der Waals surface area (Å²) < 4.78 is 0. The second kappa shape index (κ2) is 5.50. The maximum absolute atomic E-state index is 11.9. The van der Waals surface area contributed by atoms with E-state index in [4.69, 9.17) is 5.26 Å². The van der Waals surface area contributed by atoms with Crippen molar-refractivity contribution < 1.29 is 4.79 Å². The van der Waals surface area contributed by atoms with E-state index in [0.717, 1.165) is 6.54 Å². The summed E-state index contributed by atoms with van der Waals surface area (Å²) in [7, 11) is 0. The third kappa shape index (κ3) is 2.78. The van der Waals surface area contributed by atoms with Gasteiger partial charge in [0, 0.05) is 18.6 Å². The lowest BCUT2D eigenvalue weighted by molar-refractivity contribution is -0.132. The Morgan fingerprint density at radius 1 is 1.41 bits per heavy atom. The van der Waals surface area contributed by atoms with Gasteiger partial charge >= 0.3 is 0 Å². The fraction of sp³-hybridized carbons (Fsp3) is 0.846. The number of hydrogen-bond donors (Lipinski definition) is 1. The van der Waals surface area contributed by atoms with Gasteiger partial charge in [0.25, 0.3) is 0 Å². The van der Waals surface area contributed by atoms with Crippen molar-refractivity contribution in [3.8, 4) is 6.07 Å². The summed E-state index contributed by atoms with van der Waals surface area (Å²) >= 11 is 0. The molecule has 1 heterocycles. The maximum Gasteiger partial charge on any atom is 0.238 e. The van der Waals surface area contributed by atoms with Crippen molar-refractivity contribution in [1.82, 2.24) is 10.2 Å². The monoisotopic (exact) mass is 235 g/mol. The van der Waals surface area contributed by atoms with Crippen molar-refractivity contribution in [3.05, 3.63) is 0 Å². The van der Waals surface area contributed by atoms with Crippen LogP contribution in [0.4, 0.5) is 0 Å². The molecule has 2 unspecified atom stereocenters. The number of rotatable bonds is 2. The fourth-order valence-corrected chi connectivity index (χ4v) is 3.09. The van der Waals surface area contributed by atoms with E-state index in [2.05, 4.69) is 16.3 Å². The standard InChI is InChI=1S/C13H21N3O/c1-10-9-16(11-5-3-2-4-6-11)12(7-8-14)13(17)15-10/h10-12H,2-7,9H2,1H3,(H,15,17). The summed E-state index contributed by atoms with van der Waals surface area (Å²) in [5.41, 5.74) is 0. The van der Waals surface area contributed by atoms with Crippen molar-refractivity contribution in [1.29, 1.82) is 5.26 Å². The number of carbonyl (C=O) groups is 1. The summed E-state index contributed by atoms with van der Waals surface area (Å²) in [6, 6.07) is 2.64. The molecule has 1 aliphatic carbocycles. The number of carbonyl (C=O) groups excluding carboxylic acids is 1. The van der Waals surface area contributed by atoms with Gasteiger partial charge in [0.2, 0.25) is 5.91 Å². The molecule has 1 saturated heterocycles. The van der Waals surface area contributed by atoms with E-state index in [0.29, 0.717) is 12.5 Å². The molecule has 2 aliphatic rings. The van der Waals surface area contributed by atoms with Gasteiger partial charge in [-0.25, -0.2) is 0 Å². The molecule has 17 heavy (non-hydrogen) atoms. The lowest BCUT2D eigenvalue weighted by Gasteiger charge is -2.43. The lowest BCUT2D eigenvalue weighted by Crippen LogP contribution is -2.61. The highest BCUT2D eigenvalue weighted by Crippen LogP contribution is 2.26. The zero-order valence-electron chi connectivity index (χ0n) is 10.5. The van der Waals surface area contributed by atoms with E-state index in [1.807, 2.05) is 6.92 Å². The quantitative estimate of drug-likeness (QED) is 0.787. The van der Waals surface area contributed by atoms with Crippen LogP contribution in [0.1, 0.15) is 45.4 Å². The molecule has 0 aromatic carbocycles. The molecular formula is C13H21N3O. The average Bonchev–Trinajstić information content (AvgIpc) is 2.33. The SMILES string of the molecule is CC1CN(C2CCCCC2)C(CC#N)C(=O)N1. The van der Waals surface area contributed by atoms with Gasteiger partial charge < -0.3 is 5.32 Å². The van der Waals surface area contributed by atoms with E-state index in [1.54, 1.807) is 0 Å². The fourth-order valence-electron chi connectivity index (χ4n) is 3.09. The summed E-state index contributed by atoms with van der Waals surface area (Å²) in [5.74, 6) is 0.0378. The zero-order chi connectivity index (χ0) is 12.3. The molecule has 4 heteroatoms. The first kappa shape index (κ1) is 12.4. The second-order valence-corrected chi connectivity index (χ2v) is 5.28. The van der Waals surface area contributed by atoms with E-state index in [-0.39, 0.29) is 18.0 Å². The molecule has 1 saturated carbocycles. The van der Waals surface area contributed by atoms with Crippen LogP contribution in [0.15, 0.2) is 0 Å². The van der Waals surface area contributed by atoms with E-state index >= 15 is 0 Å². The summed E-state index contributed by atoms with van der Waals surface area (Å²) in [6.45, 7) is 2.93. The van der Waals surface area contributed by atoms with Crippen molar-refractivity contribution in [2.45, 2.75) is 63.6 Å². The minimum Gasteiger partial charge on any atom is -0.351 e. The van der Waals surface area contributed by atoms with Crippen molar-refractivity contribution in [2.75, 3.05) is 6.54 Å². The Labute approximate surface area is 103 Å². The number of nitrogens with zero attached hydrogens (tertiary/aromatic N) is 2. The van der Waals surface area contributed by atoms with Crippen molar-refractivity contribution >= 4 is 5.91 Å². The predicted octanol–water partition coefficient (Wildman–Crippen LogP) is 1.42. The molecule has 2 fully saturated rings. The van der Waals surface area contributed by atoms with Crippen LogP contribution in [0.5, 0.6) is 0 Å². The first-order valence-electron chi connectivity index (χ1n) is 6.65. The van der Waals surface area contributed by atoms with Crippen LogP contribution in [0.25, 0.3) is 0 Å². The van der Waals surface area contributed by atoms with Crippen LogP contribution in [-0.2, 0) is 4.79 Å². The van der Waals surface area contributed by atoms with Crippen LogP contribution in [0.3, 0.4) is 0 Å². The molecule has 1 aliphatic heterocycles. The normalized spacial score (nSPS) is 31.9. The highest BCUT2D eigenvalue weighted by molar-refractivity contribution is 5.83. The Balaban J connectivity index is 2.09. The minimum absolute atomic E-state index is 0.0378. The molecule has 0 radical (unpaired) electrons. The van der Waals surface area contributed by atoms with Gasteiger partial charge in [-0.1, -0.05) is 19.3 Å². The summed E-state index contributed by atoms with van der Waals surface area (Å²) in [5, 5.41) is 11.8. The summed E-state index contributed by atoms with van der Waals surface area (Å²) in [4.78, 5) is 14.2. The first-order chi connectivity index (χ1) is 8.22. The van der Waals surface area contributed by atoms with Crippen molar-refractivity contribution in [2.24, 2.45) is 0 Å². The molecule has 0 aromatic heterocycles. The van der Waals surface area contributed by atoms with Crippen LogP contribution in [0.2, 0.25) is 0 Å². The molecule has 94 valence electrons. The van der Waals surface area contributed by atoms with Crippen LogP contribution in [-0.4, -0.2) is 35.5 Å². The van der Waals surface area contributed by atoms with Gasteiger partial charge in [-0.2, -0.15) is 5.26 Å². The van der Waals surface area contributed by atoms with Gasteiger partial charge in [0.15, 0.2) is 0 Å². The minimum atomic E-state index is -0.223. The Morgan fingerprint density at radius 3 is 2.76 bits per heavy atom. The topological polar surface area (TPSA) is 56.1 Å². The molecule has 2 rings (SSSR count). The van der Waals surface area contributed by atoms with Crippen LogP contribution >= 0.6 is 0 Å². The summed E-state index contributed by atoms with van der Waals surface area (Å²) in [6.07, 6.45) is 6.51. The number of nitrogens with one attached hydrogen (secondary N) is 1. The van der Waals surface area contributed by atoms with Gasteiger partial charge in [-0.05, 0) is 19.8 Å².